The van der Waals surface area contributed by atoms with E-state index in [1.807, 2.05) is 12.4 Å². The molecule has 13 heavy (non-hydrogen) atoms. The van der Waals surface area contributed by atoms with Crippen LogP contribution < -0.4 is 0 Å². The van der Waals surface area contributed by atoms with Crippen LogP contribution in [0.25, 0.3) is 11.1 Å². The van der Waals surface area contributed by atoms with Gasteiger partial charge in [-0.15, -0.1) is 0 Å². The molecule has 0 saturated heterocycles. The van der Waals surface area contributed by atoms with Gasteiger partial charge in [-0.05, 0) is 17.5 Å². The molecule has 0 aliphatic heterocycles. The number of hydrogen-bond donors (Lipinski definition) is 1. The monoisotopic (exact) mass is 172 g/mol. The lowest BCUT2D eigenvalue weighted by atomic mass is 10.1. The van der Waals surface area contributed by atoms with Gasteiger partial charge in [0.15, 0.2) is 0 Å². The van der Waals surface area contributed by atoms with Crippen LogP contribution in [-0.2, 0) is 6.42 Å². The van der Waals surface area contributed by atoms with Crippen molar-refractivity contribution in [1.29, 1.82) is 0 Å². The number of aromatic nitrogens is 2. The zero-order chi connectivity index (χ0) is 9.10. The van der Waals surface area contributed by atoms with Crippen molar-refractivity contribution in [3.63, 3.8) is 0 Å². The second kappa shape index (κ2) is 3.44. The fraction of sp³-hybridized carbons (Fsp3) is 0.182. The lowest BCUT2D eigenvalue weighted by molar-refractivity contribution is 1.09. The van der Waals surface area contributed by atoms with Crippen molar-refractivity contribution in [2.75, 3.05) is 0 Å². The van der Waals surface area contributed by atoms with E-state index in [1.54, 1.807) is 0 Å². The highest BCUT2D eigenvalue weighted by molar-refractivity contribution is 5.61. The number of aromatic amines is 1. The molecule has 0 fully saturated rings. The summed E-state index contributed by atoms with van der Waals surface area (Å²) in [6.45, 7) is 2.16. The van der Waals surface area contributed by atoms with Crippen LogP contribution in [0.2, 0.25) is 0 Å². The predicted molar refractivity (Wildman–Crippen MR) is 53.4 cm³/mol. The lowest BCUT2D eigenvalue weighted by Crippen LogP contribution is -1.79. The zero-order valence-corrected chi connectivity index (χ0v) is 7.62. The second-order valence-electron chi connectivity index (χ2n) is 3.04. The van der Waals surface area contributed by atoms with Crippen LogP contribution in [0, 0.1) is 0 Å². The van der Waals surface area contributed by atoms with Gasteiger partial charge in [-0.3, -0.25) is 5.10 Å². The van der Waals surface area contributed by atoms with Crippen molar-refractivity contribution in [1.82, 2.24) is 10.2 Å². The molecule has 2 nitrogen and oxygen atoms in total. The van der Waals surface area contributed by atoms with Gasteiger partial charge in [-0.1, -0.05) is 31.2 Å². The van der Waals surface area contributed by atoms with Crippen LogP contribution in [0.15, 0.2) is 36.7 Å². The van der Waals surface area contributed by atoms with Gasteiger partial charge in [0.25, 0.3) is 0 Å². The molecule has 1 aromatic carbocycles. The van der Waals surface area contributed by atoms with Gasteiger partial charge in [-0.2, -0.15) is 5.10 Å². The summed E-state index contributed by atoms with van der Waals surface area (Å²) in [4.78, 5) is 0. The van der Waals surface area contributed by atoms with Crippen molar-refractivity contribution in [3.8, 4) is 11.1 Å². The van der Waals surface area contributed by atoms with E-state index in [9.17, 15) is 0 Å². The summed E-state index contributed by atoms with van der Waals surface area (Å²) in [6.07, 6.45) is 4.83. The standard InChI is InChI=1S/C11H12N2/c1-2-9-3-5-10(6-4-9)11-7-12-13-8-11/h3-8H,2H2,1H3,(H,12,13). The summed E-state index contributed by atoms with van der Waals surface area (Å²) in [5.41, 5.74) is 3.72. The minimum atomic E-state index is 1.09. The van der Waals surface area contributed by atoms with Crippen molar-refractivity contribution in [2.45, 2.75) is 13.3 Å². The van der Waals surface area contributed by atoms with Crippen LogP contribution in [-0.4, -0.2) is 10.2 Å². The quantitative estimate of drug-likeness (QED) is 0.741. The fourth-order valence-corrected chi connectivity index (χ4v) is 1.34. The molecule has 0 aliphatic carbocycles. The summed E-state index contributed by atoms with van der Waals surface area (Å²) < 4.78 is 0. The Kier molecular flexibility index (Phi) is 2.13. The van der Waals surface area contributed by atoms with Gasteiger partial charge in [-0.25, -0.2) is 0 Å². The first kappa shape index (κ1) is 8.05. The maximum absolute atomic E-state index is 3.92. The zero-order valence-electron chi connectivity index (χ0n) is 7.62. The normalized spacial score (nSPS) is 10.2. The van der Waals surface area contributed by atoms with Crippen LogP contribution in [0.3, 0.4) is 0 Å². The highest BCUT2D eigenvalue weighted by Gasteiger charge is 1.97. The summed E-state index contributed by atoms with van der Waals surface area (Å²) in [5, 5.41) is 6.72. The molecule has 0 spiro atoms. The molecule has 0 atom stereocenters. The van der Waals surface area contributed by atoms with Gasteiger partial charge >= 0.3 is 0 Å². The van der Waals surface area contributed by atoms with E-state index in [2.05, 4.69) is 41.4 Å². The first-order valence-electron chi connectivity index (χ1n) is 4.48. The molecule has 1 aromatic heterocycles. The molecule has 1 heterocycles. The van der Waals surface area contributed by atoms with E-state index in [-0.39, 0.29) is 0 Å². The van der Waals surface area contributed by atoms with E-state index in [4.69, 9.17) is 0 Å². The Morgan fingerprint density at radius 3 is 2.46 bits per heavy atom. The smallest absolute Gasteiger partial charge is 0.0565 e. The number of H-pyrrole nitrogens is 1. The Bertz CT molecular complexity index is 359. The minimum absolute atomic E-state index is 1.09. The number of hydrogen-bond acceptors (Lipinski definition) is 1. The van der Waals surface area contributed by atoms with E-state index < -0.39 is 0 Å². The average Bonchev–Trinajstić information content (AvgIpc) is 2.71. The number of aryl methyl sites for hydroxylation is 1. The predicted octanol–water partition coefficient (Wildman–Crippen LogP) is 2.64. The number of rotatable bonds is 2. The molecular formula is C11H12N2. The number of nitrogens with zero attached hydrogens (tertiary/aromatic N) is 1. The van der Waals surface area contributed by atoms with Gasteiger partial charge in [0, 0.05) is 11.8 Å². The summed E-state index contributed by atoms with van der Waals surface area (Å²) in [6, 6.07) is 8.57. The molecule has 0 radical (unpaired) electrons. The Hall–Kier alpha value is -1.57. The minimum Gasteiger partial charge on any atom is -0.285 e. The highest BCUT2D eigenvalue weighted by Crippen LogP contribution is 2.17. The van der Waals surface area contributed by atoms with Crippen molar-refractivity contribution < 1.29 is 0 Å². The third kappa shape index (κ3) is 1.61. The average molecular weight is 172 g/mol. The van der Waals surface area contributed by atoms with E-state index >= 15 is 0 Å². The van der Waals surface area contributed by atoms with E-state index in [0.717, 1.165) is 12.0 Å². The maximum atomic E-state index is 3.92. The van der Waals surface area contributed by atoms with Gasteiger partial charge in [0.1, 0.15) is 0 Å². The molecule has 2 heteroatoms. The molecule has 2 rings (SSSR count). The lowest BCUT2D eigenvalue weighted by Gasteiger charge is -1.98. The Balaban J connectivity index is 2.33. The first-order chi connectivity index (χ1) is 6.40. The molecule has 0 saturated carbocycles. The highest BCUT2D eigenvalue weighted by atomic mass is 15.1. The van der Waals surface area contributed by atoms with Crippen LogP contribution in [0.5, 0.6) is 0 Å². The molecule has 66 valence electrons. The summed E-state index contributed by atoms with van der Waals surface area (Å²) in [7, 11) is 0. The topological polar surface area (TPSA) is 28.7 Å². The molecule has 2 aromatic rings. The third-order valence-corrected chi connectivity index (χ3v) is 2.19. The maximum Gasteiger partial charge on any atom is 0.0565 e. The molecular weight excluding hydrogens is 160 g/mol. The SMILES string of the molecule is CCc1ccc(-c2cn[nH]c2)cc1. The summed E-state index contributed by atoms with van der Waals surface area (Å²) >= 11 is 0. The van der Waals surface area contributed by atoms with Gasteiger partial charge in [0.05, 0.1) is 6.20 Å². The molecule has 0 amide bonds. The second-order valence-corrected chi connectivity index (χ2v) is 3.04. The summed E-state index contributed by atoms with van der Waals surface area (Å²) in [5.74, 6) is 0. The van der Waals surface area contributed by atoms with Crippen molar-refractivity contribution >= 4 is 0 Å². The molecule has 0 unspecified atom stereocenters. The van der Waals surface area contributed by atoms with Gasteiger partial charge < -0.3 is 0 Å². The third-order valence-electron chi connectivity index (χ3n) is 2.19. The molecule has 1 N–H and O–H groups in total. The fourth-order valence-electron chi connectivity index (χ4n) is 1.34. The number of nitrogens with one attached hydrogen (secondary N) is 1. The van der Waals surface area contributed by atoms with Crippen LogP contribution in [0.1, 0.15) is 12.5 Å². The molecule has 0 bridgehead atoms. The van der Waals surface area contributed by atoms with Crippen molar-refractivity contribution in [2.24, 2.45) is 0 Å². The first-order valence-corrected chi connectivity index (χ1v) is 4.48. The van der Waals surface area contributed by atoms with E-state index in [1.165, 1.54) is 11.1 Å². The number of benzene rings is 1. The van der Waals surface area contributed by atoms with Gasteiger partial charge in [0.2, 0.25) is 0 Å². The molecule has 0 aliphatic rings. The Morgan fingerprint density at radius 2 is 1.92 bits per heavy atom. The largest absolute Gasteiger partial charge is 0.285 e. The van der Waals surface area contributed by atoms with Crippen molar-refractivity contribution in [3.05, 3.63) is 42.2 Å². The Morgan fingerprint density at radius 1 is 1.15 bits per heavy atom. The van der Waals surface area contributed by atoms with Crippen LogP contribution in [0.4, 0.5) is 0 Å². The van der Waals surface area contributed by atoms with Crippen LogP contribution >= 0.6 is 0 Å². The Labute approximate surface area is 77.6 Å². The van der Waals surface area contributed by atoms with E-state index in [0.29, 0.717) is 0 Å².